The van der Waals surface area contributed by atoms with Crippen molar-refractivity contribution in [3.8, 4) is 22.4 Å². The Morgan fingerprint density at radius 2 is 1.67 bits per heavy atom. The average molecular weight is 440 g/mol. The lowest BCUT2D eigenvalue weighted by Crippen LogP contribution is -2.32. The summed E-state index contributed by atoms with van der Waals surface area (Å²) in [5, 5.41) is 1.95. The van der Waals surface area contributed by atoms with Gasteiger partial charge in [-0.05, 0) is 60.0 Å². The highest BCUT2D eigenvalue weighted by Crippen LogP contribution is 2.39. The maximum Gasteiger partial charge on any atom is 0.216 e. The molecule has 0 atom stereocenters. The minimum Gasteiger partial charge on any atom is -0.455 e. The Morgan fingerprint density at radius 3 is 2.39 bits per heavy atom. The quantitative estimate of drug-likeness (QED) is 0.261. The van der Waals surface area contributed by atoms with Gasteiger partial charge in [0, 0.05) is 29.3 Å². The number of benzene rings is 3. The van der Waals surface area contributed by atoms with Gasteiger partial charge in [0.15, 0.2) is 6.20 Å². The Hall–Kier alpha value is -3.39. The van der Waals surface area contributed by atoms with E-state index in [1.54, 1.807) is 44.6 Å². The highest BCUT2D eigenvalue weighted by molar-refractivity contribution is 6.10. The van der Waals surface area contributed by atoms with Gasteiger partial charge in [-0.15, -0.1) is 0 Å². The molecule has 2 aromatic heterocycles. The smallest absolute Gasteiger partial charge is 0.216 e. The topological polar surface area (TPSA) is 17.0 Å². The highest BCUT2D eigenvalue weighted by Gasteiger charge is 2.23. The van der Waals surface area contributed by atoms with Gasteiger partial charge in [-0.25, -0.2) is 4.57 Å². The molecular formula is C31H32NO+. The Balaban J connectivity index is 1.80. The largest absolute Gasteiger partial charge is 0.455 e. The molecule has 0 aliphatic carbocycles. The number of furan rings is 1. The van der Waals surface area contributed by atoms with Crippen molar-refractivity contribution in [3.05, 3.63) is 89.6 Å². The van der Waals surface area contributed by atoms with Crippen LogP contribution in [-0.2, 0) is 13.4 Å². The summed E-state index contributed by atoms with van der Waals surface area (Å²) in [6.45, 7) is 4.90. The summed E-state index contributed by atoms with van der Waals surface area (Å²) in [6.07, 6.45) is -0.338. The van der Waals surface area contributed by atoms with Crippen LogP contribution in [-0.4, -0.2) is 0 Å². The van der Waals surface area contributed by atoms with Crippen molar-refractivity contribution in [2.75, 3.05) is 0 Å². The molecule has 2 nitrogen and oxygen atoms in total. The van der Waals surface area contributed by atoms with Crippen LogP contribution in [0, 0.1) is 19.2 Å². The van der Waals surface area contributed by atoms with Crippen LogP contribution in [0.3, 0.4) is 0 Å². The van der Waals surface area contributed by atoms with E-state index in [-0.39, 0.29) is 11.1 Å². The fourth-order valence-electron chi connectivity index (χ4n) is 4.47. The van der Waals surface area contributed by atoms with E-state index in [0.717, 1.165) is 38.6 Å². The van der Waals surface area contributed by atoms with Crippen molar-refractivity contribution in [3.63, 3.8) is 0 Å². The number of hydrogen-bond donors (Lipinski definition) is 0. The second-order valence-electron chi connectivity index (χ2n) is 9.79. The Bertz CT molecular complexity index is 1670. The van der Waals surface area contributed by atoms with Gasteiger partial charge in [-0.1, -0.05) is 69.3 Å². The molecule has 0 aliphatic rings. The minimum absolute atomic E-state index is 0.0191. The van der Waals surface area contributed by atoms with Crippen LogP contribution < -0.4 is 4.57 Å². The van der Waals surface area contributed by atoms with E-state index in [0.29, 0.717) is 11.3 Å². The maximum absolute atomic E-state index is 8.96. The highest BCUT2D eigenvalue weighted by atomic mass is 16.3. The number of nitrogens with zero attached hydrogens (tertiary/aromatic N) is 1. The van der Waals surface area contributed by atoms with Crippen LogP contribution in [0.2, 0.25) is 0 Å². The predicted octanol–water partition coefficient (Wildman–Crippen LogP) is 7.95. The second-order valence-corrected chi connectivity index (χ2v) is 9.79. The van der Waals surface area contributed by atoms with Crippen LogP contribution in [0.5, 0.6) is 0 Å². The zero-order valence-electron chi connectivity index (χ0n) is 24.8. The summed E-state index contributed by atoms with van der Waals surface area (Å²) >= 11 is 0. The Morgan fingerprint density at radius 1 is 0.909 bits per heavy atom. The average Bonchev–Trinajstić information content (AvgIpc) is 3.21. The Kier molecular flexibility index (Phi) is 3.88. The number of aryl methyl sites for hydroxylation is 3. The third kappa shape index (κ3) is 3.95. The monoisotopic (exact) mass is 439 g/mol. The summed E-state index contributed by atoms with van der Waals surface area (Å²) in [6, 6.07) is 22.1. The van der Waals surface area contributed by atoms with Crippen LogP contribution in [0.4, 0.5) is 0 Å². The molecule has 2 heterocycles. The normalized spacial score (nSPS) is 15.1. The molecule has 0 bridgehead atoms. The van der Waals surface area contributed by atoms with Gasteiger partial charge in [0.05, 0.1) is 5.56 Å². The fraction of sp³-hybridized carbons (Fsp3) is 0.258. The van der Waals surface area contributed by atoms with Gasteiger partial charge in [-0.2, -0.15) is 0 Å². The molecule has 0 saturated heterocycles. The molecule has 0 aliphatic heterocycles. The molecular weight excluding hydrogens is 402 g/mol. The number of fused-ring (bicyclic) bond motifs is 3. The molecule has 0 unspecified atom stereocenters. The number of rotatable bonds is 3. The number of hydrogen-bond acceptors (Lipinski definition) is 1. The van der Waals surface area contributed by atoms with Gasteiger partial charge in [0.2, 0.25) is 5.69 Å². The molecule has 5 rings (SSSR count). The van der Waals surface area contributed by atoms with Crippen molar-refractivity contribution in [2.45, 2.75) is 40.9 Å². The Labute approximate surface area is 203 Å². The molecule has 0 radical (unpaired) electrons. The van der Waals surface area contributed by atoms with Gasteiger partial charge >= 0.3 is 0 Å². The zero-order chi connectivity index (χ0) is 27.6. The lowest BCUT2D eigenvalue weighted by atomic mass is 9.86. The predicted molar refractivity (Wildman–Crippen MR) is 138 cm³/mol. The molecule has 0 saturated carbocycles. The van der Waals surface area contributed by atoms with Crippen molar-refractivity contribution in [1.29, 1.82) is 0 Å². The lowest BCUT2D eigenvalue weighted by Gasteiger charge is -2.19. The summed E-state index contributed by atoms with van der Waals surface area (Å²) in [4.78, 5) is 0. The summed E-state index contributed by atoms with van der Waals surface area (Å²) in [5.74, 6) is 0. The number of aromatic nitrogens is 1. The van der Waals surface area contributed by atoms with E-state index in [2.05, 4.69) is 24.3 Å². The van der Waals surface area contributed by atoms with Gasteiger partial charge < -0.3 is 4.42 Å². The van der Waals surface area contributed by atoms with Crippen molar-refractivity contribution < 1.29 is 15.8 Å². The van der Waals surface area contributed by atoms with Crippen LogP contribution >= 0.6 is 0 Å². The standard InChI is InChI=1S/C31H32NO/c1-20-12-14-26-25-15-13-23(22-10-8-7-9-11-22)17-28(25)33-30(26)29(20)27-16-24(18-31(3,4)5)21(2)19-32(27)6/h7-17,19H,18H2,1-6H3/q+1/i2D3,18D2. The molecule has 0 N–H and O–H groups in total. The molecule has 0 amide bonds. The first-order chi connectivity index (χ1) is 17.7. The third-order valence-corrected chi connectivity index (χ3v) is 6.00. The maximum atomic E-state index is 8.96. The van der Waals surface area contributed by atoms with Gasteiger partial charge in [0.25, 0.3) is 0 Å². The van der Waals surface area contributed by atoms with Crippen LogP contribution in [0.1, 0.15) is 44.3 Å². The molecule has 0 fully saturated rings. The summed E-state index contributed by atoms with van der Waals surface area (Å²) in [7, 11) is 1.80. The van der Waals surface area contributed by atoms with E-state index in [4.69, 9.17) is 11.3 Å². The zero-order valence-corrected chi connectivity index (χ0v) is 19.8. The molecule has 0 spiro atoms. The second kappa shape index (κ2) is 7.88. The molecule has 3 aromatic carbocycles. The van der Waals surface area contributed by atoms with Gasteiger partial charge in [-0.3, -0.25) is 0 Å². The number of pyridine rings is 1. The van der Waals surface area contributed by atoms with Crippen molar-refractivity contribution in [2.24, 2.45) is 12.5 Å². The molecule has 166 valence electrons. The third-order valence-electron chi connectivity index (χ3n) is 6.00. The lowest BCUT2D eigenvalue weighted by molar-refractivity contribution is -0.660. The van der Waals surface area contributed by atoms with E-state index >= 15 is 0 Å². The minimum atomic E-state index is -2.46. The summed E-state index contributed by atoms with van der Waals surface area (Å²) < 4.78 is 50.6. The van der Waals surface area contributed by atoms with Crippen molar-refractivity contribution >= 4 is 21.9 Å². The molecule has 5 aromatic rings. The SMILES string of the molecule is [2H]C([2H])([2H])c1c[n+](C)c(-c2c(C)ccc3c2oc2cc(-c4ccccc4)ccc23)cc1C([2H])([2H])C(C)(C)C. The van der Waals surface area contributed by atoms with E-state index in [9.17, 15) is 0 Å². The molecule has 2 heteroatoms. The first-order valence-electron chi connectivity index (χ1n) is 13.8. The first kappa shape index (κ1) is 16.3. The van der Waals surface area contributed by atoms with Crippen LogP contribution in [0.15, 0.2) is 77.3 Å². The van der Waals surface area contributed by atoms with E-state index < -0.39 is 18.6 Å². The fourth-order valence-corrected chi connectivity index (χ4v) is 4.47. The summed E-state index contributed by atoms with van der Waals surface area (Å²) in [5.41, 5.74) is 5.48. The van der Waals surface area contributed by atoms with Crippen LogP contribution in [0.25, 0.3) is 44.3 Å². The van der Waals surface area contributed by atoms with Crippen molar-refractivity contribution in [1.82, 2.24) is 0 Å². The van der Waals surface area contributed by atoms with Gasteiger partial charge in [0.1, 0.15) is 18.2 Å². The van der Waals surface area contributed by atoms with E-state index in [1.165, 1.54) is 0 Å². The molecule has 33 heavy (non-hydrogen) atoms. The first-order valence-corrected chi connectivity index (χ1v) is 11.3. The van der Waals surface area contributed by atoms with E-state index in [1.807, 2.05) is 43.3 Å².